The van der Waals surface area contributed by atoms with Crippen LogP contribution in [0.1, 0.15) is 74.6 Å². The highest BCUT2D eigenvalue weighted by Gasteiger charge is 2.42. The summed E-state index contributed by atoms with van der Waals surface area (Å²) < 4.78 is 0. The smallest absolute Gasteiger partial charge is 0.0467 e. The summed E-state index contributed by atoms with van der Waals surface area (Å²) in [4.78, 5) is 4.69. The molecule has 242 valence electrons. The number of fused-ring (bicyclic) bond motifs is 6. The molecule has 0 unspecified atom stereocenters. The van der Waals surface area contributed by atoms with Gasteiger partial charge < -0.3 is 0 Å². The van der Waals surface area contributed by atoms with E-state index >= 15 is 0 Å². The van der Waals surface area contributed by atoms with E-state index in [1.54, 1.807) is 0 Å². The third kappa shape index (κ3) is 5.46. The lowest BCUT2D eigenvalue weighted by Gasteiger charge is -2.33. The van der Waals surface area contributed by atoms with Gasteiger partial charge in [-0.1, -0.05) is 155 Å². The molecule has 0 fully saturated rings. The van der Waals surface area contributed by atoms with Gasteiger partial charge in [-0.3, -0.25) is 4.99 Å². The van der Waals surface area contributed by atoms with Crippen molar-refractivity contribution in [1.82, 2.24) is 0 Å². The van der Waals surface area contributed by atoms with Crippen LogP contribution >= 0.6 is 0 Å². The van der Waals surface area contributed by atoms with Crippen molar-refractivity contribution >= 4 is 5.71 Å². The lowest BCUT2D eigenvalue weighted by Crippen LogP contribution is -2.25. The van der Waals surface area contributed by atoms with Gasteiger partial charge in [0.2, 0.25) is 0 Å². The Balaban J connectivity index is 1.24. The topological polar surface area (TPSA) is 12.4 Å². The van der Waals surface area contributed by atoms with Gasteiger partial charge in [0.15, 0.2) is 0 Å². The Morgan fingerprint density at radius 2 is 1.06 bits per heavy atom. The van der Waals surface area contributed by atoms with Crippen molar-refractivity contribution in [2.45, 2.75) is 64.2 Å². The summed E-state index contributed by atoms with van der Waals surface area (Å²) in [6.07, 6.45) is 8.11. The summed E-state index contributed by atoms with van der Waals surface area (Å²) in [5, 5.41) is 0. The first-order chi connectivity index (χ1) is 24.1. The van der Waals surface area contributed by atoms with Crippen LogP contribution in [0.25, 0.3) is 55.6 Å². The molecule has 6 aromatic carbocycles. The van der Waals surface area contributed by atoms with Gasteiger partial charge in [0.05, 0.1) is 0 Å². The minimum atomic E-state index is 0.0360. The SMILES string of the molecule is CCCCC1(CCCC)c2ccc(-c3ccc4c(c3)CC(=NC)c3ccccc3-4)cc2-c2ccc(-c3cccc(-c4ccccc4)c3)cc21. The Bertz CT molecular complexity index is 2180. The van der Waals surface area contributed by atoms with Gasteiger partial charge in [-0.25, -0.2) is 0 Å². The predicted octanol–water partition coefficient (Wildman–Crippen LogP) is 13.0. The van der Waals surface area contributed by atoms with Crippen molar-refractivity contribution in [3.63, 3.8) is 0 Å². The van der Waals surface area contributed by atoms with Crippen molar-refractivity contribution in [3.8, 4) is 55.6 Å². The molecule has 0 bridgehead atoms. The average Bonchev–Trinajstić information content (AvgIpc) is 3.44. The van der Waals surface area contributed by atoms with Crippen molar-refractivity contribution < 1.29 is 0 Å². The summed E-state index contributed by atoms with van der Waals surface area (Å²) >= 11 is 0. The third-order valence-electron chi connectivity index (χ3n) is 11.2. The van der Waals surface area contributed by atoms with Gasteiger partial charge >= 0.3 is 0 Å². The van der Waals surface area contributed by atoms with E-state index < -0.39 is 0 Å². The van der Waals surface area contributed by atoms with E-state index in [-0.39, 0.29) is 5.41 Å². The zero-order valence-electron chi connectivity index (χ0n) is 29.1. The van der Waals surface area contributed by atoms with Crippen molar-refractivity contribution in [2.75, 3.05) is 7.05 Å². The predicted molar refractivity (Wildman–Crippen MR) is 210 cm³/mol. The Labute approximate surface area is 292 Å². The third-order valence-corrected chi connectivity index (χ3v) is 11.2. The molecule has 0 aromatic heterocycles. The van der Waals surface area contributed by atoms with Crippen LogP contribution in [-0.4, -0.2) is 12.8 Å². The fraction of sp³-hybridized carbons (Fsp3) is 0.229. The molecule has 0 aliphatic heterocycles. The van der Waals surface area contributed by atoms with E-state index in [9.17, 15) is 0 Å². The molecule has 2 aliphatic carbocycles. The first kappa shape index (κ1) is 31.3. The molecule has 0 N–H and O–H groups in total. The fourth-order valence-electron chi connectivity index (χ4n) is 8.62. The van der Waals surface area contributed by atoms with E-state index in [2.05, 4.69) is 147 Å². The molecule has 49 heavy (non-hydrogen) atoms. The van der Waals surface area contributed by atoms with Crippen LogP contribution in [-0.2, 0) is 11.8 Å². The minimum Gasteiger partial charge on any atom is -0.292 e. The normalized spacial score (nSPS) is 14.6. The molecule has 0 radical (unpaired) electrons. The molecule has 1 heteroatoms. The summed E-state index contributed by atoms with van der Waals surface area (Å²) in [6, 6.07) is 50.3. The molecule has 8 rings (SSSR count). The van der Waals surface area contributed by atoms with E-state index in [0.29, 0.717) is 0 Å². The quantitative estimate of drug-likeness (QED) is 0.150. The standard InChI is InChI=1S/C48H45N/c1-4-6-26-48(27-7-5-2)45-25-22-37(36-20-23-40-39(29-36)32-47(49-3)43-19-12-11-18-41(40)43)30-44(45)42-24-21-38(31-46(42)48)35-17-13-16-34(28-35)33-14-9-8-10-15-33/h8-25,28-31H,4-7,26-27,32H2,1-3H3. The molecule has 0 heterocycles. The van der Waals surface area contributed by atoms with Gasteiger partial charge in [0.1, 0.15) is 0 Å². The van der Waals surface area contributed by atoms with Crippen LogP contribution in [0.3, 0.4) is 0 Å². The number of hydrogen-bond donors (Lipinski definition) is 0. The fourth-order valence-corrected chi connectivity index (χ4v) is 8.62. The Morgan fingerprint density at radius 1 is 0.469 bits per heavy atom. The maximum atomic E-state index is 4.69. The molecule has 0 atom stereocenters. The van der Waals surface area contributed by atoms with E-state index in [1.807, 2.05) is 7.05 Å². The molecule has 0 saturated carbocycles. The van der Waals surface area contributed by atoms with Crippen LogP contribution in [0.4, 0.5) is 0 Å². The maximum absolute atomic E-state index is 4.69. The van der Waals surface area contributed by atoms with Crippen LogP contribution in [0.15, 0.2) is 138 Å². The largest absolute Gasteiger partial charge is 0.292 e. The summed E-state index contributed by atoms with van der Waals surface area (Å²) in [5.74, 6) is 0. The second kappa shape index (κ2) is 13.1. The maximum Gasteiger partial charge on any atom is 0.0467 e. The Hall–Kier alpha value is -5.01. The zero-order chi connectivity index (χ0) is 33.4. The first-order valence-corrected chi connectivity index (χ1v) is 18.3. The number of rotatable bonds is 9. The van der Waals surface area contributed by atoms with Crippen molar-refractivity contribution in [1.29, 1.82) is 0 Å². The van der Waals surface area contributed by atoms with Crippen molar-refractivity contribution in [2.24, 2.45) is 4.99 Å². The van der Waals surface area contributed by atoms with E-state index in [1.165, 1.54) is 122 Å². The lowest BCUT2D eigenvalue weighted by molar-refractivity contribution is 0.414. The molecule has 0 spiro atoms. The second-order valence-corrected chi connectivity index (χ2v) is 14.0. The Kier molecular flexibility index (Phi) is 8.38. The molecule has 0 amide bonds. The zero-order valence-corrected chi connectivity index (χ0v) is 29.1. The average molecular weight is 636 g/mol. The van der Waals surface area contributed by atoms with Crippen LogP contribution in [0, 0.1) is 0 Å². The number of aliphatic imine (C=N–C) groups is 1. The monoisotopic (exact) mass is 635 g/mol. The number of nitrogens with zero attached hydrogens (tertiary/aromatic N) is 1. The first-order valence-electron chi connectivity index (χ1n) is 18.3. The van der Waals surface area contributed by atoms with Crippen LogP contribution in [0.5, 0.6) is 0 Å². The Morgan fingerprint density at radius 3 is 1.80 bits per heavy atom. The second-order valence-electron chi connectivity index (χ2n) is 14.0. The lowest BCUT2D eigenvalue weighted by atomic mass is 9.70. The molecular weight excluding hydrogens is 591 g/mol. The highest BCUT2D eigenvalue weighted by atomic mass is 14.7. The number of unbranched alkanes of at least 4 members (excludes halogenated alkanes) is 2. The number of benzene rings is 6. The van der Waals surface area contributed by atoms with Gasteiger partial charge in [-0.15, -0.1) is 0 Å². The van der Waals surface area contributed by atoms with Crippen LogP contribution < -0.4 is 0 Å². The van der Waals surface area contributed by atoms with Gasteiger partial charge in [0.25, 0.3) is 0 Å². The molecule has 2 aliphatic rings. The minimum absolute atomic E-state index is 0.0360. The summed E-state index contributed by atoms with van der Waals surface area (Å²) in [6.45, 7) is 4.67. The summed E-state index contributed by atoms with van der Waals surface area (Å²) in [5.41, 5.74) is 20.0. The number of hydrogen-bond acceptors (Lipinski definition) is 1. The summed E-state index contributed by atoms with van der Waals surface area (Å²) in [7, 11) is 1.92. The highest BCUT2D eigenvalue weighted by Crippen LogP contribution is 2.55. The van der Waals surface area contributed by atoms with Gasteiger partial charge in [-0.2, -0.15) is 0 Å². The highest BCUT2D eigenvalue weighted by molar-refractivity contribution is 6.10. The molecule has 0 saturated heterocycles. The van der Waals surface area contributed by atoms with E-state index in [4.69, 9.17) is 4.99 Å². The van der Waals surface area contributed by atoms with E-state index in [0.717, 1.165) is 6.42 Å². The van der Waals surface area contributed by atoms with Gasteiger partial charge in [-0.05, 0) is 103 Å². The molecular formula is C48H45N. The van der Waals surface area contributed by atoms with Crippen molar-refractivity contribution in [3.05, 3.63) is 156 Å². The molecule has 6 aromatic rings. The van der Waals surface area contributed by atoms with Crippen LogP contribution in [0.2, 0.25) is 0 Å². The van der Waals surface area contributed by atoms with Gasteiger partial charge in [0, 0.05) is 30.2 Å². The molecule has 1 nitrogen and oxygen atoms in total.